The molecule has 0 aromatic heterocycles. The molecule has 1 N–H and O–H groups in total. The maximum Gasteiger partial charge on any atom is 0.300 e. The summed E-state index contributed by atoms with van der Waals surface area (Å²) in [6.45, 7) is 6.35. The first-order valence-corrected chi connectivity index (χ1v) is 12.1. The van der Waals surface area contributed by atoms with Gasteiger partial charge in [0.1, 0.15) is 5.76 Å². The first kappa shape index (κ1) is 24.0. The van der Waals surface area contributed by atoms with Crippen LogP contribution in [0.3, 0.4) is 0 Å². The quantitative estimate of drug-likeness (QED) is 0.200. The summed E-state index contributed by atoms with van der Waals surface area (Å²) >= 11 is 0. The van der Waals surface area contributed by atoms with Crippen LogP contribution in [-0.4, -0.2) is 16.8 Å². The first-order chi connectivity index (χ1) is 17.7. The highest BCUT2D eigenvalue weighted by atomic mass is 16.3. The molecule has 1 amide bonds. The molecule has 5 rings (SSSR count). The van der Waals surface area contributed by atoms with Crippen LogP contribution < -0.4 is 4.90 Å². The molecule has 1 atom stereocenters. The van der Waals surface area contributed by atoms with Crippen molar-refractivity contribution in [3.63, 3.8) is 0 Å². The molecule has 1 heterocycles. The van der Waals surface area contributed by atoms with Gasteiger partial charge in [-0.15, -0.1) is 0 Å². The van der Waals surface area contributed by atoms with Crippen molar-refractivity contribution >= 4 is 33.9 Å². The lowest BCUT2D eigenvalue weighted by Crippen LogP contribution is -2.29. The molecule has 5 nitrogen and oxygen atoms in total. The molecule has 5 heteroatoms. The molecule has 37 heavy (non-hydrogen) atoms. The van der Waals surface area contributed by atoms with Crippen LogP contribution in [0, 0.1) is 11.3 Å². The first-order valence-electron chi connectivity index (χ1n) is 12.1. The van der Waals surface area contributed by atoms with E-state index >= 15 is 0 Å². The van der Waals surface area contributed by atoms with E-state index in [0.717, 1.165) is 16.3 Å². The van der Waals surface area contributed by atoms with Crippen molar-refractivity contribution in [1.82, 2.24) is 0 Å². The molecule has 0 spiro atoms. The molecule has 4 aromatic rings. The number of benzene rings is 4. The lowest BCUT2D eigenvalue weighted by molar-refractivity contribution is -0.132. The van der Waals surface area contributed by atoms with Crippen LogP contribution in [0.4, 0.5) is 5.69 Å². The van der Waals surface area contributed by atoms with Crippen LogP contribution in [0.2, 0.25) is 0 Å². The Hall–Kier alpha value is -4.69. The number of amides is 1. The standard InChI is InChI=1S/C32H26N2O3/c1-32(2,3)25-14-12-22(13-15-25)28-27(29(35)24-11-10-21-6-4-5-7-23(21)18-24)30(36)31(37)34(28)26-16-8-20(19-33)9-17-26/h4-18,28,35H,1-3H3/b29-27-. The molecular formula is C32H26N2O3. The molecule has 0 bridgehead atoms. The zero-order valence-electron chi connectivity index (χ0n) is 20.9. The van der Waals surface area contributed by atoms with Crippen LogP contribution in [0.15, 0.2) is 96.6 Å². The highest BCUT2D eigenvalue weighted by Crippen LogP contribution is 2.42. The number of carbonyl (C=O) groups excluding carboxylic acids is 2. The molecule has 1 aliphatic rings. The third-order valence-electron chi connectivity index (χ3n) is 6.83. The molecule has 1 fully saturated rings. The van der Waals surface area contributed by atoms with Gasteiger partial charge in [-0.1, -0.05) is 81.4 Å². The van der Waals surface area contributed by atoms with Gasteiger partial charge in [0.2, 0.25) is 0 Å². The van der Waals surface area contributed by atoms with Crippen molar-refractivity contribution in [1.29, 1.82) is 5.26 Å². The molecule has 182 valence electrons. The van der Waals surface area contributed by atoms with Gasteiger partial charge in [-0.3, -0.25) is 14.5 Å². The van der Waals surface area contributed by atoms with Gasteiger partial charge >= 0.3 is 0 Å². The van der Waals surface area contributed by atoms with Crippen LogP contribution in [0.25, 0.3) is 16.5 Å². The van der Waals surface area contributed by atoms with E-state index in [1.54, 1.807) is 30.3 Å². The number of aliphatic hydroxyl groups excluding tert-OH is 1. The predicted octanol–water partition coefficient (Wildman–Crippen LogP) is 6.64. The second-order valence-electron chi connectivity index (χ2n) is 10.3. The number of ketones is 1. The zero-order valence-corrected chi connectivity index (χ0v) is 20.9. The summed E-state index contributed by atoms with van der Waals surface area (Å²) in [5.41, 5.74) is 3.17. The number of fused-ring (bicyclic) bond motifs is 1. The Morgan fingerprint density at radius 3 is 2.14 bits per heavy atom. The predicted molar refractivity (Wildman–Crippen MR) is 145 cm³/mol. The van der Waals surface area contributed by atoms with Crippen molar-refractivity contribution in [3.05, 3.63) is 119 Å². The van der Waals surface area contributed by atoms with E-state index in [-0.39, 0.29) is 16.7 Å². The number of carbonyl (C=O) groups is 2. The van der Waals surface area contributed by atoms with E-state index in [1.807, 2.05) is 60.7 Å². The van der Waals surface area contributed by atoms with E-state index in [1.165, 1.54) is 4.90 Å². The zero-order chi connectivity index (χ0) is 26.3. The SMILES string of the molecule is CC(C)(C)c1ccc(C2/C(=C(/O)c3ccc4ccccc4c3)C(=O)C(=O)N2c2ccc(C#N)cc2)cc1. The average Bonchev–Trinajstić information content (AvgIpc) is 3.17. The number of hydrogen-bond donors (Lipinski definition) is 1. The number of Topliss-reactive ketones (excluding diaryl/α,β-unsaturated/α-hetero) is 1. The van der Waals surface area contributed by atoms with Crippen molar-refractivity contribution in [2.24, 2.45) is 0 Å². The maximum atomic E-state index is 13.4. The van der Waals surface area contributed by atoms with Gasteiger partial charge in [0.05, 0.1) is 23.2 Å². The van der Waals surface area contributed by atoms with Crippen molar-refractivity contribution < 1.29 is 14.7 Å². The van der Waals surface area contributed by atoms with Gasteiger partial charge in [0.25, 0.3) is 11.7 Å². The lowest BCUT2D eigenvalue weighted by atomic mass is 9.85. The topological polar surface area (TPSA) is 81.4 Å². The summed E-state index contributed by atoms with van der Waals surface area (Å²) in [6, 6.07) is 28.8. The van der Waals surface area contributed by atoms with Crippen LogP contribution in [-0.2, 0) is 15.0 Å². The van der Waals surface area contributed by atoms with E-state index in [4.69, 9.17) is 0 Å². The van der Waals surface area contributed by atoms with Gasteiger partial charge in [-0.25, -0.2) is 0 Å². The van der Waals surface area contributed by atoms with E-state index in [0.29, 0.717) is 22.4 Å². The number of aliphatic hydroxyl groups is 1. The van der Waals surface area contributed by atoms with Crippen LogP contribution in [0.5, 0.6) is 0 Å². The molecule has 1 unspecified atom stereocenters. The Labute approximate surface area is 215 Å². The third kappa shape index (κ3) is 4.28. The minimum absolute atomic E-state index is 0.0353. The largest absolute Gasteiger partial charge is 0.507 e. The van der Waals surface area contributed by atoms with Crippen LogP contribution >= 0.6 is 0 Å². The Bertz CT molecular complexity index is 1600. The van der Waals surface area contributed by atoms with Crippen molar-refractivity contribution in [3.8, 4) is 6.07 Å². The third-order valence-corrected chi connectivity index (χ3v) is 6.83. The number of nitriles is 1. The van der Waals surface area contributed by atoms with Crippen molar-refractivity contribution in [2.75, 3.05) is 4.90 Å². The molecule has 1 saturated heterocycles. The smallest absolute Gasteiger partial charge is 0.300 e. The number of nitrogens with zero attached hydrogens (tertiary/aromatic N) is 2. The Balaban J connectivity index is 1.70. The molecular weight excluding hydrogens is 460 g/mol. The van der Waals surface area contributed by atoms with Gasteiger partial charge in [-0.2, -0.15) is 5.26 Å². The lowest BCUT2D eigenvalue weighted by Gasteiger charge is -2.26. The summed E-state index contributed by atoms with van der Waals surface area (Å²) in [7, 11) is 0. The molecule has 1 aliphatic heterocycles. The summed E-state index contributed by atoms with van der Waals surface area (Å²) < 4.78 is 0. The van der Waals surface area contributed by atoms with E-state index in [2.05, 4.69) is 26.8 Å². The summed E-state index contributed by atoms with van der Waals surface area (Å²) in [5, 5.41) is 22.6. The summed E-state index contributed by atoms with van der Waals surface area (Å²) in [4.78, 5) is 28.2. The second-order valence-corrected chi connectivity index (χ2v) is 10.3. The molecule has 4 aromatic carbocycles. The van der Waals surface area contributed by atoms with Gasteiger partial charge in [-0.05, 0) is 57.6 Å². The Morgan fingerprint density at radius 1 is 0.865 bits per heavy atom. The van der Waals surface area contributed by atoms with E-state index < -0.39 is 17.7 Å². The van der Waals surface area contributed by atoms with Crippen molar-refractivity contribution in [2.45, 2.75) is 32.2 Å². The second kappa shape index (κ2) is 9.07. The number of rotatable bonds is 3. The normalized spacial score (nSPS) is 17.2. The summed E-state index contributed by atoms with van der Waals surface area (Å²) in [6.07, 6.45) is 0. The van der Waals surface area contributed by atoms with Gasteiger partial charge in [0, 0.05) is 11.3 Å². The molecule has 0 radical (unpaired) electrons. The monoisotopic (exact) mass is 486 g/mol. The fraction of sp³-hybridized carbons (Fsp3) is 0.156. The molecule has 0 aliphatic carbocycles. The Kier molecular flexibility index (Phi) is 5.89. The fourth-order valence-corrected chi connectivity index (χ4v) is 4.77. The number of anilines is 1. The minimum atomic E-state index is -0.826. The minimum Gasteiger partial charge on any atom is -0.507 e. The summed E-state index contributed by atoms with van der Waals surface area (Å²) in [5.74, 6) is -1.69. The molecule has 0 saturated carbocycles. The Morgan fingerprint density at radius 2 is 1.51 bits per heavy atom. The van der Waals surface area contributed by atoms with Gasteiger partial charge in [0.15, 0.2) is 0 Å². The number of hydrogen-bond acceptors (Lipinski definition) is 4. The maximum absolute atomic E-state index is 13.4. The van der Waals surface area contributed by atoms with Gasteiger partial charge < -0.3 is 5.11 Å². The fourth-order valence-electron chi connectivity index (χ4n) is 4.77. The highest BCUT2D eigenvalue weighted by Gasteiger charge is 2.47. The average molecular weight is 487 g/mol. The highest BCUT2D eigenvalue weighted by molar-refractivity contribution is 6.51. The van der Waals surface area contributed by atoms with Crippen LogP contribution in [0.1, 0.15) is 49.1 Å². The van der Waals surface area contributed by atoms with E-state index in [9.17, 15) is 20.0 Å².